The van der Waals surface area contributed by atoms with Crippen molar-refractivity contribution in [2.75, 3.05) is 0 Å². The number of fused-ring (bicyclic) bond motifs is 16. The van der Waals surface area contributed by atoms with Gasteiger partial charge in [0.15, 0.2) is 0 Å². The van der Waals surface area contributed by atoms with Gasteiger partial charge in [0.1, 0.15) is 28.4 Å². The van der Waals surface area contributed by atoms with E-state index in [-0.39, 0.29) is 0 Å². The van der Waals surface area contributed by atoms with Crippen molar-refractivity contribution >= 4 is 76.8 Å². The van der Waals surface area contributed by atoms with E-state index < -0.39 is 0 Å². The molecule has 6 nitrogen and oxygen atoms in total. The van der Waals surface area contributed by atoms with Crippen LogP contribution < -0.4 is 4.74 Å². The number of ether oxygens (including phenoxy) is 1. The topological polar surface area (TPSA) is 56.7 Å². The first kappa shape index (κ1) is 33.6. The predicted octanol–water partition coefficient (Wildman–Crippen LogP) is 13.7. The van der Waals surface area contributed by atoms with Gasteiger partial charge in [-0.15, -0.1) is 0 Å². The molecule has 0 fully saturated rings. The molecule has 0 amide bonds. The van der Waals surface area contributed by atoms with E-state index in [4.69, 9.17) is 19.7 Å². The maximum atomic E-state index is 6.80. The van der Waals surface area contributed by atoms with Crippen LogP contribution in [0.1, 0.15) is 22.3 Å². The molecule has 0 aliphatic rings. The highest BCUT2D eigenvalue weighted by Crippen LogP contribution is 2.45. The number of aromatic nitrogens is 5. The van der Waals surface area contributed by atoms with Crippen LogP contribution in [-0.4, -0.2) is 23.8 Å². The van der Waals surface area contributed by atoms with Gasteiger partial charge >= 0.3 is 0 Å². The van der Waals surface area contributed by atoms with Gasteiger partial charge in [-0.2, -0.15) is 0 Å². The quantitative estimate of drug-likeness (QED) is 0.168. The third kappa shape index (κ3) is 4.90. The molecule has 12 rings (SSSR count). The Morgan fingerprint density at radius 3 is 1.53 bits per heavy atom. The Kier molecular flexibility index (Phi) is 7.09. The second-order valence-electron chi connectivity index (χ2n) is 15.9. The lowest BCUT2D eigenvalue weighted by atomic mass is 9.85. The number of hydrogen-bond acceptors (Lipinski definition) is 4. The molecule has 0 saturated carbocycles. The van der Waals surface area contributed by atoms with Crippen LogP contribution in [0.25, 0.3) is 99.1 Å². The highest BCUT2D eigenvalue weighted by Gasteiger charge is 2.22. The summed E-state index contributed by atoms with van der Waals surface area (Å²) in [5.41, 5.74) is 17.8. The monoisotopic (exact) mass is 759 g/mol. The van der Waals surface area contributed by atoms with Crippen LogP contribution in [0.5, 0.6) is 11.5 Å². The SMILES string of the molecule is Cc1cccc(C)c1-c1cc2c3ccc(Oc4ccc5c6cccnc6n6c7ccccc7nc6c5c4)cc3c3nc4ccccc4n3c2cc1-c1c(C)cccc1C. The molecule has 0 aliphatic heterocycles. The number of imidazole rings is 2. The Balaban J connectivity index is 1.11. The summed E-state index contributed by atoms with van der Waals surface area (Å²) >= 11 is 0. The van der Waals surface area contributed by atoms with Crippen molar-refractivity contribution in [2.24, 2.45) is 0 Å². The first-order valence-corrected chi connectivity index (χ1v) is 20.1. The Morgan fingerprint density at radius 1 is 0.390 bits per heavy atom. The summed E-state index contributed by atoms with van der Waals surface area (Å²) in [5.74, 6) is 1.47. The second kappa shape index (κ2) is 12.5. The number of pyridine rings is 3. The smallest absolute Gasteiger partial charge is 0.147 e. The van der Waals surface area contributed by atoms with Crippen LogP contribution in [0.2, 0.25) is 0 Å². The maximum Gasteiger partial charge on any atom is 0.147 e. The number of para-hydroxylation sites is 4. The lowest BCUT2D eigenvalue weighted by Crippen LogP contribution is -1.98. The molecule has 0 radical (unpaired) electrons. The van der Waals surface area contributed by atoms with Crippen molar-refractivity contribution in [2.45, 2.75) is 27.7 Å². The average molecular weight is 760 g/mol. The molecule has 0 unspecified atom stereocenters. The highest BCUT2D eigenvalue weighted by molar-refractivity contribution is 6.17. The van der Waals surface area contributed by atoms with Crippen LogP contribution >= 0.6 is 0 Å². The van der Waals surface area contributed by atoms with Crippen LogP contribution in [0, 0.1) is 27.7 Å². The van der Waals surface area contributed by atoms with Crippen LogP contribution in [-0.2, 0) is 0 Å². The first-order chi connectivity index (χ1) is 28.9. The fraction of sp³-hybridized carbons (Fsp3) is 0.0755. The Hall–Kier alpha value is -7.57. The lowest BCUT2D eigenvalue weighted by Gasteiger charge is -2.21. The second-order valence-corrected chi connectivity index (χ2v) is 15.9. The number of aryl methyl sites for hydroxylation is 4. The average Bonchev–Trinajstić information content (AvgIpc) is 3.84. The Bertz CT molecular complexity index is 3720. The molecule has 0 N–H and O–H groups in total. The molecule has 6 heteroatoms. The largest absolute Gasteiger partial charge is 0.457 e. The highest BCUT2D eigenvalue weighted by atomic mass is 16.5. The Morgan fingerprint density at radius 2 is 0.915 bits per heavy atom. The summed E-state index contributed by atoms with van der Waals surface area (Å²) in [6, 6.07) is 51.6. The van der Waals surface area contributed by atoms with Gasteiger partial charge in [0, 0.05) is 27.7 Å². The minimum atomic E-state index is 0.731. The number of nitrogens with zero attached hydrogens (tertiary/aromatic N) is 5. The molecule has 0 atom stereocenters. The van der Waals surface area contributed by atoms with Gasteiger partial charge in [0.2, 0.25) is 0 Å². The minimum absolute atomic E-state index is 0.731. The van der Waals surface area contributed by atoms with Gasteiger partial charge in [-0.3, -0.25) is 8.80 Å². The van der Waals surface area contributed by atoms with E-state index in [0.717, 1.165) is 88.3 Å². The normalized spacial score (nSPS) is 12.1. The third-order valence-electron chi connectivity index (χ3n) is 12.3. The summed E-state index contributed by atoms with van der Waals surface area (Å²) in [4.78, 5) is 15.2. The molecule has 12 aromatic rings. The van der Waals surface area contributed by atoms with E-state index in [9.17, 15) is 0 Å². The van der Waals surface area contributed by atoms with Gasteiger partial charge in [-0.1, -0.05) is 60.7 Å². The molecule has 0 spiro atoms. The van der Waals surface area contributed by atoms with Gasteiger partial charge in [0.05, 0.1) is 27.6 Å². The molecule has 280 valence electrons. The number of hydrogen-bond donors (Lipinski definition) is 0. The summed E-state index contributed by atoms with van der Waals surface area (Å²) < 4.78 is 11.3. The van der Waals surface area contributed by atoms with E-state index in [1.807, 2.05) is 30.5 Å². The minimum Gasteiger partial charge on any atom is -0.457 e. The standard InChI is InChI=1S/C53H37N5O/c1-30-12-9-13-31(2)49(30)40-28-39-37-24-22-35(59-34-21-23-36-38-16-11-25-54-51(38)58-47-20-8-6-18-45(47)56-53(58)42(36)26-34)27-43(37)52-55-44-17-5-7-19-46(44)57(52)48(39)29-41(40)50-32(3)14-10-15-33(50)4/h5-29H,1-4H3. The molecule has 5 aromatic heterocycles. The predicted molar refractivity (Wildman–Crippen MR) is 243 cm³/mol. The summed E-state index contributed by atoms with van der Waals surface area (Å²) in [7, 11) is 0. The van der Waals surface area contributed by atoms with Crippen molar-refractivity contribution in [1.29, 1.82) is 0 Å². The molecular weight excluding hydrogens is 723 g/mol. The molecule has 59 heavy (non-hydrogen) atoms. The van der Waals surface area contributed by atoms with Crippen LogP contribution in [0.4, 0.5) is 0 Å². The molecule has 5 heterocycles. The van der Waals surface area contributed by atoms with E-state index in [1.54, 1.807) is 0 Å². The first-order valence-electron chi connectivity index (χ1n) is 20.1. The molecule has 0 saturated heterocycles. The van der Waals surface area contributed by atoms with Gasteiger partial charge in [-0.05, 0) is 168 Å². The zero-order valence-electron chi connectivity index (χ0n) is 33.1. The molecule has 0 bridgehead atoms. The van der Waals surface area contributed by atoms with Gasteiger partial charge in [-0.25, -0.2) is 15.0 Å². The van der Waals surface area contributed by atoms with Crippen molar-refractivity contribution in [3.63, 3.8) is 0 Å². The van der Waals surface area contributed by atoms with Crippen LogP contribution in [0.15, 0.2) is 152 Å². The van der Waals surface area contributed by atoms with E-state index in [0.29, 0.717) is 0 Å². The fourth-order valence-corrected chi connectivity index (χ4v) is 9.69. The number of benzene rings is 7. The molecule has 7 aromatic carbocycles. The van der Waals surface area contributed by atoms with Crippen LogP contribution in [0.3, 0.4) is 0 Å². The van der Waals surface area contributed by atoms with Crippen molar-refractivity contribution in [3.8, 4) is 33.8 Å². The summed E-state index contributed by atoms with van der Waals surface area (Å²) in [5, 5.41) is 6.47. The third-order valence-corrected chi connectivity index (χ3v) is 12.3. The van der Waals surface area contributed by atoms with Crippen molar-refractivity contribution in [1.82, 2.24) is 23.8 Å². The van der Waals surface area contributed by atoms with E-state index >= 15 is 0 Å². The summed E-state index contributed by atoms with van der Waals surface area (Å²) in [6.07, 6.45) is 1.84. The zero-order chi connectivity index (χ0) is 39.5. The maximum absolute atomic E-state index is 6.80. The van der Waals surface area contributed by atoms with Crippen molar-refractivity contribution in [3.05, 3.63) is 174 Å². The van der Waals surface area contributed by atoms with Crippen molar-refractivity contribution < 1.29 is 4.74 Å². The molecule has 0 aliphatic carbocycles. The zero-order valence-corrected chi connectivity index (χ0v) is 33.1. The van der Waals surface area contributed by atoms with Gasteiger partial charge < -0.3 is 4.74 Å². The fourth-order valence-electron chi connectivity index (χ4n) is 9.69. The van der Waals surface area contributed by atoms with Gasteiger partial charge in [0.25, 0.3) is 0 Å². The summed E-state index contributed by atoms with van der Waals surface area (Å²) in [6.45, 7) is 8.89. The Labute approximate surface area is 339 Å². The van der Waals surface area contributed by atoms with E-state index in [2.05, 4.69) is 158 Å². The number of rotatable bonds is 4. The molecular formula is C53H37N5O. The lowest BCUT2D eigenvalue weighted by molar-refractivity contribution is 0.484. The van der Waals surface area contributed by atoms with E-state index in [1.165, 1.54) is 44.5 Å².